The molecule has 0 aliphatic carbocycles. The van der Waals surface area contributed by atoms with Crippen molar-refractivity contribution < 1.29 is 9.53 Å². The fraction of sp³-hybridized carbons (Fsp3) is 0.650. The molecule has 0 saturated carbocycles. The number of carbonyl (C=O) groups excluding carboxylic acids is 1. The lowest BCUT2D eigenvalue weighted by atomic mass is 9.85. The van der Waals surface area contributed by atoms with E-state index in [1.807, 2.05) is 12.1 Å². The number of amides is 1. The lowest BCUT2D eigenvalue weighted by Gasteiger charge is -2.28. The highest BCUT2D eigenvalue weighted by Gasteiger charge is 2.21. The standard InChI is InChI=1S/C20H32N2O2/c1-16-7-9-19(10-8-16)24-13-4-3-12-22-20(23)14-17(2)18-6-5-11-21-15-18/h7-10,17-18,21H,3-6,11-15H2,1-2H3,(H,22,23). The van der Waals surface area contributed by atoms with Gasteiger partial charge in [0.15, 0.2) is 0 Å². The van der Waals surface area contributed by atoms with E-state index in [-0.39, 0.29) is 5.91 Å². The molecule has 0 radical (unpaired) electrons. The van der Waals surface area contributed by atoms with Gasteiger partial charge in [0.25, 0.3) is 0 Å². The first-order chi connectivity index (χ1) is 11.6. The maximum absolute atomic E-state index is 12.0. The summed E-state index contributed by atoms with van der Waals surface area (Å²) in [5.41, 5.74) is 1.24. The van der Waals surface area contributed by atoms with Gasteiger partial charge >= 0.3 is 0 Å². The highest BCUT2D eigenvalue weighted by atomic mass is 16.5. The minimum atomic E-state index is 0.188. The van der Waals surface area contributed by atoms with Gasteiger partial charge in [0, 0.05) is 13.0 Å². The van der Waals surface area contributed by atoms with Gasteiger partial charge in [-0.25, -0.2) is 0 Å². The number of carbonyl (C=O) groups is 1. The molecule has 2 rings (SSSR count). The lowest BCUT2D eigenvalue weighted by Crippen LogP contribution is -2.35. The van der Waals surface area contributed by atoms with Gasteiger partial charge in [0.2, 0.25) is 5.91 Å². The van der Waals surface area contributed by atoms with Gasteiger partial charge < -0.3 is 15.4 Å². The Bertz CT molecular complexity index is 481. The predicted molar refractivity (Wildman–Crippen MR) is 98.3 cm³/mol. The molecule has 2 atom stereocenters. The molecule has 1 amide bonds. The maximum Gasteiger partial charge on any atom is 0.220 e. The Hall–Kier alpha value is -1.55. The second-order valence-corrected chi connectivity index (χ2v) is 7.01. The van der Waals surface area contributed by atoms with E-state index >= 15 is 0 Å². The van der Waals surface area contributed by atoms with Crippen LogP contribution in [-0.2, 0) is 4.79 Å². The van der Waals surface area contributed by atoms with Crippen LogP contribution in [-0.4, -0.2) is 32.1 Å². The Kier molecular flexibility index (Phi) is 8.10. The third kappa shape index (κ3) is 6.91. The number of benzene rings is 1. The smallest absolute Gasteiger partial charge is 0.220 e. The van der Waals surface area contributed by atoms with Crippen molar-refractivity contribution in [3.05, 3.63) is 29.8 Å². The van der Waals surface area contributed by atoms with E-state index in [1.54, 1.807) is 0 Å². The molecule has 24 heavy (non-hydrogen) atoms. The monoisotopic (exact) mass is 332 g/mol. The first-order valence-electron chi connectivity index (χ1n) is 9.32. The topological polar surface area (TPSA) is 50.4 Å². The average molecular weight is 332 g/mol. The summed E-state index contributed by atoms with van der Waals surface area (Å²) in [6, 6.07) is 8.11. The van der Waals surface area contributed by atoms with E-state index in [4.69, 9.17) is 4.74 Å². The minimum absolute atomic E-state index is 0.188. The molecule has 1 aromatic rings. The Morgan fingerprint density at radius 1 is 1.33 bits per heavy atom. The molecule has 2 unspecified atom stereocenters. The van der Waals surface area contributed by atoms with Crippen molar-refractivity contribution in [2.45, 2.75) is 46.0 Å². The van der Waals surface area contributed by atoms with Gasteiger partial charge in [-0.1, -0.05) is 24.6 Å². The summed E-state index contributed by atoms with van der Waals surface area (Å²) in [4.78, 5) is 12.0. The van der Waals surface area contributed by atoms with Crippen LogP contribution in [0.25, 0.3) is 0 Å². The largest absolute Gasteiger partial charge is 0.494 e. The van der Waals surface area contributed by atoms with Crippen LogP contribution in [0.2, 0.25) is 0 Å². The van der Waals surface area contributed by atoms with Crippen LogP contribution < -0.4 is 15.4 Å². The van der Waals surface area contributed by atoms with Crippen LogP contribution in [0.3, 0.4) is 0 Å². The number of ether oxygens (including phenoxy) is 1. The van der Waals surface area contributed by atoms with Gasteiger partial charge in [-0.2, -0.15) is 0 Å². The Labute approximate surface area is 146 Å². The van der Waals surface area contributed by atoms with E-state index in [0.29, 0.717) is 24.9 Å². The van der Waals surface area contributed by atoms with Gasteiger partial charge in [-0.15, -0.1) is 0 Å². The number of rotatable bonds is 9. The van der Waals surface area contributed by atoms with Crippen LogP contribution in [0.5, 0.6) is 5.75 Å². The zero-order chi connectivity index (χ0) is 17.2. The molecular formula is C20H32N2O2. The molecule has 1 aromatic carbocycles. The number of nitrogens with one attached hydrogen (secondary N) is 2. The summed E-state index contributed by atoms with van der Waals surface area (Å²) < 4.78 is 5.69. The Morgan fingerprint density at radius 2 is 2.12 bits per heavy atom. The minimum Gasteiger partial charge on any atom is -0.494 e. The zero-order valence-corrected chi connectivity index (χ0v) is 15.1. The van der Waals surface area contributed by atoms with Crippen molar-refractivity contribution in [2.75, 3.05) is 26.2 Å². The van der Waals surface area contributed by atoms with Crippen molar-refractivity contribution in [1.82, 2.24) is 10.6 Å². The summed E-state index contributed by atoms with van der Waals surface area (Å²) in [7, 11) is 0. The van der Waals surface area contributed by atoms with E-state index in [9.17, 15) is 4.79 Å². The average Bonchev–Trinajstić information content (AvgIpc) is 2.60. The van der Waals surface area contributed by atoms with Crippen LogP contribution in [0, 0.1) is 18.8 Å². The molecule has 134 valence electrons. The van der Waals surface area contributed by atoms with Crippen LogP contribution in [0.15, 0.2) is 24.3 Å². The molecule has 1 heterocycles. The number of hydrogen-bond donors (Lipinski definition) is 2. The molecule has 0 aromatic heterocycles. The Morgan fingerprint density at radius 3 is 2.83 bits per heavy atom. The molecule has 1 aliphatic heterocycles. The van der Waals surface area contributed by atoms with Crippen LogP contribution >= 0.6 is 0 Å². The second-order valence-electron chi connectivity index (χ2n) is 7.01. The van der Waals surface area contributed by atoms with Crippen molar-refractivity contribution in [1.29, 1.82) is 0 Å². The third-order valence-electron chi connectivity index (χ3n) is 4.83. The van der Waals surface area contributed by atoms with Crippen molar-refractivity contribution in [3.8, 4) is 5.75 Å². The molecule has 4 nitrogen and oxygen atoms in total. The highest BCUT2D eigenvalue weighted by Crippen LogP contribution is 2.22. The number of hydrogen-bond acceptors (Lipinski definition) is 3. The van der Waals surface area contributed by atoms with E-state index < -0.39 is 0 Å². The van der Waals surface area contributed by atoms with E-state index in [1.165, 1.54) is 18.4 Å². The quantitative estimate of drug-likeness (QED) is 0.682. The van der Waals surface area contributed by atoms with E-state index in [0.717, 1.165) is 38.2 Å². The zero-order valence-electron chi connectivity index (χ0n) is 15.1. The first kappa shape index (κ1) is 18.8. The lowest BCUT2D eigenvalue weighted by molar-refractivity contribution is -0.122. The van der Waals surface area contributed by atoms with Crippen LogP contribution in [0.4, 0.5) is 0 Å². The van der Waals surface area contributed by atoms with Gasteiger partial charge in [-0.05, 0) is 69.7 Å². The molecule has 1 aliphatic rings. The van der Waals surface area contributed by atoms with Gasteiger partial charge in [0.1, 0.15) is 5.75 Å². The SMILES string of the molecule is Cc1ccc(OCCCCNC(=O)CC(C)C2CCCNC2)cc1. The third-order valence-corrected chi connectivity index (χ3v) is 4.83. The molecule has 1 fully saturated rings. The molecule has 1 saturated heterocycles. The molecule has 4 heteroatoms. The number of unbranched alkanes of at least 4 members (excludes halogenated alkanes) is 1. The van der Waals surface area contributed by atoms with Crippen molar-refractivity contribution >= 4 is 5.91 Å². The maximum atomic E-state index is 12.0. The Balaban J connectivity index is 1.50. The molecule has 0 spiro atoms. The molecule has 0 bridgehead atoms. The first-order valence-corrected chi connectivity index (χ1v) is 9.32. The summed E-state index contributed by atoms with van der Waals surface area (Å²) in [5, 5.41) is 6.47. The fourth-order valence-corrected chi connectivity index (χ4v) is 3.18. The summed E-state index contributed by atoms with van der Waals surface area (Å²) >= 11 is 0. The van der Waals surface area contributed by atoms with E-state index in [2.05, 4.69) is 36.6 Å². The molecule has 2 N–H and O–H groups in total. The predicted octanol–water partition coefficient (Wildman–Crippen LogP) is 3.30. The normalized spacial score (nSPS) is 18.8. The number of piperidine rings is 1. The number of aryl methyl sites for hydroxylation is 1. The van der Waals surface area contributed by atoms with Crippen molar-refractivity contribution in [3.63, 3.8) is 0 Å². The van der Waals surface area contributed by atoms with Crippen LogP contribution in [0.1, 0.15) is 44.6 Å². The highest BCUT2D eigenvalue weighted by molar-refractivity contribution is 5.76. The summed E-state index contributed by atoms with van der Waals surface area (Å²) in [5.74, 6) is 2.21. The van der Waals surface area contributed by atoms with Gasteiger partial charge in [0.05, 0.1) is 6.61 Å². The van der Waals surface area contributed by atoms with Crippen molar-refractivity contribution in [2.24, 2.45) is 11.8 Å². The fourth-order valence-electron chi connectivity index (χ4n) is 3.18. The summed E-state index contributed by atoms with van der Waals surface area (Å²) in [6.07, 6.45) is 5.04. The second kappa shape index (κ2) is 10.3. The van der Waals surface area contributed by atoms with Gasteiger partial charge in [-0.3, -0.25) is 4.79 Å². The summed E-state index contributed by atoms with van der Waals surface area (Å²) in [6.45, 7) is 7.89. The molecular weight excluding hydrogens is 300 g/mol.